The van der Waals surface area contributed by atoms with Gasteiger partial charge in [-0.2, -0.15) is 10.1 Å². The van der Waals surface area contributed by atoms with Crippen molar-refractivity contribution in [2.75, 3.05) is 0 Å². The molecular formula is C22H18N2O3. The van der Waals surface area contributed by atoms with E-state index in [2.05, 4.69) is 17.3 Å². The number of imide groups is 1. The number of nitrogens with zero attached hydrogens (tertiary/aromatic N) is 2. The highest BCUT2D eigenvalue weighted by molar-refractivity contribution is 6.08. The van der Waals surface area contributed by atoms with E-state index in [0.29, 0.717) is 17.4 Å². The van der Waals surface area contributed by atoms with Crippen LogP contribution in [0.3, 0.4) is 0 Å². The van der Waals surface area contributed by atoms with Gasteiger partial charge in [-0.25, -0.2) is 0 Å². The fraction of sp³-hybridized carbons (Fsp3) is 0.318. The molecule has 27 heavy (non-hydrogen) atoms. The predicted molar refractivity (Wildman–Crippen MR) is 99.8 cm³/mol. The molecule has 3 fully saturated rings. The van der Waals surface area contributed by atoms with Gasteiger partial charge >= 0.3 is 0 Å². The molecule has 0 aromatic heterocycles. The summed E-state index contributed by atoms with van der Waals surface area (Å²) in [6.45, 7) is 0. The zero-order chi connectivity index (χ0) is 18.3. The molecule has 2 bridgehead atoms. The molecule has 1 aliphatic heterocycles. The van der Waals surface area contributed by atoms with Crippen LogP contribution < -0.4 is 0 Å². The zero-order valence-electron chi connectivity index (χ0n) is 14.5. The van der Waals surface area contributed by atoms with Crippen LogP contribution >= 0.6 is 0 Å². The molecule has 5 aliphatic rings. The van der Waals surface area contributed by atoms with Crippen LogP contribution in [-0.2, 0) is 9.59 Å². The largest absolute Gasteiger partial charge is 0.507 e. The molecule has 0 unspecified atom stereocenters. The molecule has 2 saturated carbocycles. The summed E-state index contributed by atoms with van der Waals surface area (Å²) >= 11 is 0. The molecule has 2 amide bonds. The molecule has 0 radical (unpaired) electrons. The van der Waals surface area contributed by atoms with Crippen LogP contribution in [0.5, 0.6) is 5.75 Å². The molecule has 1 saturated heterocycles. The number of rotatable bonds is 2. The van der Waals surface area contributed by atoms with Crippen LogP contribution in [0, 0.1) is 35.5 Å². The fourth-order valence-electron chi connectivity index (χ4n) is 5.59. The topological polar surface area (TPSA) is 70.0 Å². The number of amides is 2. The second kappa shape index (κ2) is 5.06. The summed E-state index contributed by atoms with van der Waals surface area (Å²) in [5.41, 5.74) is 0.521. The second-order valence-corrected chi connectivity index (χ2v) is 8.11. The number of carbonyl (C=O) groups excluding carboxylic acids is 2. The van der Waals surface area contributed by atoms with Crippen molar-refractivity contribution in [2.24, 2.45) is 40.6 Å². The number of phenolic OH excluding ortho intramolecular Hbond substituents is 1. The van der Waals surface area contributed by atoms with Crippen molar-refractivity contribution >= 4 is 28.8 Å². The van der Waals surface area contributed by atoms with Gasteiger partial charge in [-0.3, -0.25) is 9.59 Å². The quantitative estimate of drug-likeness (QED) is 0.510. The standard InChI is InChI=1S/C22H18N2O3/c25-18-8-5-11-3-1-2-4-12(11)17(18)10-23-24-21(26)19-13-6-7-14(16-9-15(13)16)20(19)22(24)27/h1-8,10,13-16,19-20,25H,9H2/b23-10-/t13-,14-,15-,16+,19+,20+/m0/s1. The molecule has 1 heterocycles. The molecule has 5 nitrogen and oxygen atoms in total. The fourth-order valence-corrected chi connectivity index (χ4v) is 5.59. The molecule has 0 spiro atoms. The van der Waals surface area contributed by atoms with E-state index < -0.39 is 0 Å². The summed E-state index contributed by atoms with van der Waals surface area (Å²) in [6, 6.07) is 11.1. The number of hydrogen-bond acceptors (Lipinski definition) is 4. The van der Waals surface area contributed by atoms with E-state index in [1.54, 1.807) is 6.07 Å². The van der Waals surface area contributed by atoms with Crippen LogP contribution in [0.15, 0.2) is 53.7 Å². The van der Waals surface area contributed by atoms with Crippen molar-refractivity contribution in [2.45, 2.75) is 6.42 Å². The number of hydrazone groups is 1. The van der Waals surface area contributed by atoms with Gasteiger partial charge in [0, 0.05) is 5.56 Å². The lowest BCUT2D eigenvalue weighted by Crippen LogP contribution is -2.40. The Labute approximate surface area is 156 Å². The van der Waals surface area contributed by atoms with Gasteiger partial charge < -0.3 is 5.11 Å². The minimum absolute atomic E-state index is 0.0805. The lowest BCUT2D eigenvalue weighted by Gasteiger charge is -2.37. The van der Waals surface area contributed by atoms with E-state index in [1.807, 2.05) is 30.3 Å². The Hall–Kier alpha value is -2.95. The van der Waals surface area contributed by atoms with E-state index in [-0.39, 0.29) is 41.2 Å². The highest BCUT2D eigenvalue weighted by Gasteiger charge is 2.67. The molecule has 4 aliphatic carbocycles. The van der Waals surface area contributed by atoms with Gasteiger partial charge in [0.05, 0.1) is 18.1 Å². The van der Waals surface area contributed by atoms with Gasteiger partial charge in [0.25, 0.3) is 11.8 Å². The van der Waals surface area contributed by atoms with E-state index >= 15 is 0 Å². The maximum absolute atomic E-state index is 13.0. The van der Waals surface area contributed by atoms with E-state index in [9.17, 15) is 14.7 Å². The molecular weight excluding hydrogens is 340 g/mol. The van der Waals surface area contributed by atoms with Crippen LogP contribution in [0.25, 0.3) is 10.8 Å². The van der Waals surface area contributed by atoms with Crippen molar-refractivity contribution in [3.8, 4) is 5.75 Å². The third kappa shape index (κ3) is 1.91. The van der Waals surface area contributed by atoms with Gasteiger partial charge in [0.2, 0.25) is 0 Å². The first kappa shape index (κ1) is 15.1. The summed E-state index contributed by atoms with van der Waals surface area (Å²) in [6.07, 6.45) is 6.88. The molecule has 6 atom stereocenters. The Kier molecular flexibility index (Phi) is 2.84. The first-order chi connectivity index (χ1) is 13.1. The molecule has 134 valence electrons. The second-order valence-electron chi connectivity index (χ2n) is 8.11. The lowest BCUT2D eigenvalue weighted by atomic mass is 9.63. The normalized spacial score (nSPS) is 35.9. The van der Waals surface area contributed by atoms with E-state index in [1.165, 1.54) is 6.21 Å². The zero-order valence-corrected chi connectivity index (χ0v) is 14.5. The van der Waals surface area contributed by atoms with Crippen molar-refractivity contribution < 1.29 is 14.7 Å². The summed E-state index contributed by atoms with van der Waals surface area (Å²) in [4.78, 5) is 25.9. The van der Waals surface area contributed by atoms with Crippen LogP contribution in [-0.4, -0.2) is 28.1 Å². The Morgan fingerprint density at radius 3 is 2.33 bits per heavy atom. The monoisotopic (exact) mass is 358 g/mol. The number of fused-ring (bicyclic) bond motifs is 1. The number of benzene rings is 2. The Bertz CT molecular complexity index is 1040. The Balaban J connectivity index is 1.38. The van der Waals surface area contributed by atoms with Gasteiger partial charge in [-0.15, -0.1) is 0 Å². The first-order valence-electron chi connectivity index (χ1n) is 9.46. The maximum atomic E-state index is 13.0. The van der Waals surface area contributed by atoms with Gasteiger partial charge in [-0.05, 0) is 46.9 Å². The Morgan fingerprint density at radius 2 is 1.63 bits per heavy atom. The lowest BCUT2D eigenvalue weighted by molar-refractivity contribution is -0.140. The number of hydrogen-bond donors (Lipinski definition) is 1. The minimum Gasteiger partial charge on any atom is -0.507 e. The minimum atomic E-state index is -0.255. The summed E-state index contributed by atoms with van der Waals surface area (Å²) in [5.74, 6) is 0.714. The maximum Gasteiger partial charge on any atom is 0.254 e. The summed E-state index contributed by atoms with van der Waals surface area (Å²) < 4.78 is 0. The molecule has 2 aromatic rings. The molecule has 7 rings (SSSR count). The number of carbonyl (C=O) groups is 2. The van der Waals surface area contributed by atoms with Crippen molar-refractivity contribution in [3.63, 3.8) is 0 Å². The third-order valence-corrected chi connectivity index (χ3v) is 6.89. The molecule has 1 N–H and O–H groups in total. The van der Waals surface area contributed by atoms with Crippen molar-refractivity contribution in [1.82, 2.24) is 5.01 Å². The van der Waals surface area contributed by atoms with E-state index in [0.717, 1.165) is 22.2 Å². The van der Waals surface area contributed by atoms with Crippen molar-refractivity contribution in [3.05, 3.63) is 54.1 Å². The van der Waals surface area contributed by atoms with Crippen molar-refractivity contribution in [1.29, 1.82) is 0 Å². The summed E-state index contributed by atoms with van der Waals surface area (Å²) in [5, 5.41) is 17.4. The van der Waals surface area contributed by atoms with Gasteiger partial charge in [0.1, 0.15) is 5.75 Å². The number of phenols is 1. The van der Waals surface area contributed by atoms with Crippen LogP contribution in [0.2, 0.25) is 0 Å². The smallest absolute Gasteiger partial charge is 0.254 e. The van der Waals surface area contributed by atoms with Gasteiger partial charge in [-0.1, -0.05) is 42.5 Å². The highest BCUT2D eigenvalue weighted by Crippen LogP contribution is 2.65. The predicted octanol–water partition coefficient (Wildman–Crippen LogP) is 2.93. The van der Waals surface area contributed by atoms with Gasteiger partial charge in [0.15, 0.2) is 0 Å². The Morgan fingerprint density at radius 1 is 0.963 bits per heavy atom. The molecule has 5 heteroatoms. The summed E-state index contributed by atoms with van der Waals surface area (Å²) in [7, 11) is 0. The third-order valence-electron chi connectivity index (χ3n) is 6.89. The average Bonchev–Trinajstić information content (AvgIpc) is 3.47. The van der Waals surface area contributed by atoms with Crippen LogP contribution in [0.1, 0.15) is 12.0 Å². The SMILES string of the molecule is O=C1[C@@H]2[C@H]3C=C[C@@H]([C@@H]4C[C@H]34)[C@H]2C(=O)N1/N=C\c1c(O)ccc2ccccc12. The first-order valence-corrected chi connectivity index (χ1v) is 9.46. The molecule has 2 aromatic carbocycles. The van der Waals surface area contributed by atoms with Crippen LogP contribution in [0.4, 0.5) is 0 Å². The number of allylic oxidation sites excluding steroid dienone is 2. The number of aromatic hydroxyl groups is 1. The average molecular weight is 358 g/mol. The van der Waals surface area contributed by atoms with E-state index in [4.69, 9.17) is 0 Å². The highest BCUT2D eigenvalue weighted by atomic mass is 16.3.